The zero-order chi connectivity index (χ0) is 15.7. The van der Waals surface area contributed by atoms with E-state index in [2.05, 4.69) is 20.1 Å². The van der Waals surface area contributed by atoms with E-state index in [0.717, 1.165) is 36.7 Å². The second-order valence-corrected chi connectivity index (χ2v) is 5.71. The maximum atomic E-state index is 11.7. The van der Waals surface area contributed by atoms with Gasteiger partial charge in [-0.3, -0.25) is 4.40 Å². The Bertz CT molecular complexity index is 683. The number of hydrogen-bond donors (Lipinski definition) is 0. The molecule has 0 N–H and O–H groups in total. The Kier molecular flexibility index (Phi) is 3.82. The molecule has 0 aliphatic carbocycles. The second kappa shape index (κ2) is 5.78. The van der Waals surface area contributed by atoms with E-state index in [1.165, 1.54) is 4.90 Å². The molecule has 0 spiro atoms. The van der Waals surface area contributed by atoms with Gasteiger partial charge < -0.3 is 14.5 Å². The molecule has 8 heteroatoms. The topological polar surface area (TPSA) is 75.9 Å². The quantitative estimate of drug-likeness (QED) is 0.827. The van der Waals surface area contributed by atoms with Crippen LogP contribution in [0.1, 0.15) is 18.7 Å². The van der Waals surface area contributed by atoms with Gasteiger partial charge in [-0.05, 0) is 19.8 Å². The van der Waals surface area contributed by atoms with Crippen molar-refractivity contribution in [2.75, 3.05) is 32.1 Å². The molecule has 22 heavy (non-hydrogen) atoms. The summed E-state index contributed by atoms with van der Waals surface area (Å²) in [5, 5.41) is 7.98. The van der Waals surface area contributed by atoms with Crippen LogP contribution in [0.3, 0.4) is 0 Å². The summed E-state index contributed by atoms with van der Waals surface area (Å²) >= 11 is 0. The van der Waals surface area contributed by atoms with Crippen LogP contribution in [0.2, 0.25) is 0 Å². The highest BCUT2D eigenvalue weighted by atomic mass is 16.6. The molecule has 1 unspecified atom stereocenters. The second-order valence-electron chi connectivity index (χ2n) is 5.71. The largest absolute Gasteiger partial charge is 0.444 e. The Morgan fingerprint density at radius 3 is 3.05 bits per heavy atom. The van der Waals surface area contributed by atoms with Gasteiger partial charge in [-0.2, -0.15) is 0 Å². The minimum Gasteiger partial charge on any atom is -0.444 e. The first-order valence-corrected chi connectivity index (χ1v) is 7.35. The summed E-state index contributed by atoms with van der Waals surface area (Å²) in [5.41, 5.74) is 0.773. The van der Waals surface area contributed by atoms with Crippen molar-refractivity contribution in [2.45, 2.75) is 25.9 Å². The summed E-state index contributed by atoms with van der Waals surface area (Å²) in [6, 6.07) is 1.91. The lowest BCUT2D eigenvalue weighted by atomic mass is 10.1. The maximum absolute atomic E-state index is 11.7. The van der Waals surface area contributed by atoms with Crippen molar-refractivity contribution >= 4 is 17.6 Å². The zero-order valence-electron chi connectivity index (χ0n) is 13.1. The van der Waals surface area contributed by atoms with Crippen molar-refractivity contribution in [3.63, 3.8) is 0 Å². The number of fused-ring (bicyclic) bond motifs is 1. The smallest absolute Gasteiger partial charge is 0.409 e. The number of piperidine rings is 1. The van der Waals surface area contributed by atoms with E-state index >= 15 is 0 Å². The first-order valence-electron chi connectivity index (χ1n) is 7.35. The fraction of sp³-hybridized carbons (Fsp3) is 0.571. The van der Waals surface area contributed by atoms with Crippen molar-refractivity contribution in [1.29, 1.82) is 0 Å². The maximum Gasteiger partial charge on any atom is 0.409 e. The molecular formula is C14H20N6O2. The van der Waals surface area contributed by atoms with Crippen LogP contribution in [0, 0.1) is 6.92 Å². The van der Waals surface area contributed by atoms with E-state index in [-0.39, 0.29) is 12.2 Å². The minimum atomic E-state index is -0.302. The lowest BCUT2D eigenvalue weighted by molar-refractivity contribution is 0.0670. The number of aryl methyl sites for hydroxylation is 1. The molecule has 1 saturated heterocycles. The Morgan fingerprint density at radius 2 is 2.27 bits per heavy atom. The predicted octanol–water partition coefficient (Wildman–Crippen LogP) is 1.10. The summed E-state index contributed by atoms with van der Waals surface area (Å²) in [5.74, 6) is 1.69. The number of hydrogen-bond acceptors (Lipinski definition) is 6. The van der Waals surface area contributed by atoms with Crippen LogP contribution in [0.5, 0.6) is 0 Å². The lowest BCUT2D eigenvalue weighted by Crippen LogP contribution is -2.42. The fourth-order valence-corrected chi connectivity index (χ4v) is 2.61. The summed E-state index contributed by atoms with van der Waals surface area (Å²) in [7, 11) is 3.38. The molecule has 3 rings (SSSR count). The van der Waals surface area contributed by atoms with Crippen LogP contribution in [-0.2, 0) is 4.74 Å². The molecule has 8 nitrogen and oxygen atoms in total. The van der Waals surface area contributed by atoms with Crippen LogP contribution >= 0.6 is 0 Å². The molecule has 1 aliphatic rings. The van der Waals surface area contributed by atoms with Crippen molar-refractivity contribution in [3.8, 4) is 0 Å². The van der Waals surface area contributed by atoms with Gasteiger partial charge in [0.1, 0.15) is 24.1 Å². The Balaban J connectivity index is 1.77. The molecule has 2 aromatic heterocycles. The number of carbonyl (C=O) groups excluding carboxylic acids is 1. The van der Waals surface area contributed by atoms with Gasteiger partial charge in [0.25, 0.3) is 0 Å². The highest BCUT2D eigenvalue weighted by molar-refractivity contribution is 5.67. The molecule has 0 aromatic carbocycles. The Hall–Kier alpha value is -2.38. The SMILES string of the molecule is Cc1nc(N2CCCC(OC(=O)N(C)C)C2)cc2nncn12. The highest BCUT2D eigenvalue weighted by Crippen LogP contribution is 2.21. The van der Waals surface area contributed by atoms with E-state index in [0.29, 0.717) is 6.54 Å². The summed E-state index contributed by atoms with van der Waals surface area (Å²) in [6.07, 6.45) is 3.08. The van der Waals surface area contributed by atoms with E-state index < -0.39 is 0 Å². The number of amides is 1. The van der Waals surface area contributed by atoms with Crippen LogP contribution in [0.4, 0.5) is 10.6 Å². The molecule has 1 fully saturated rings. The van der Waals surface area contributed by atoms with Crippen molar-refractivity contribution < 1.29 is 9.53 Å². The molecule has 1 atom stereocenters. The van der Waals surface area contributed by atoms with Crippen LogP contribution in [-0.4, -0.2) is 63.9 Å². The third kappa shape index (κ3) is 2.81. The van der Waals surface area contributed by atoms with Gasteiger partial charge in [-0.15, -0.1) is 10.2 Å². The molecule has 0 saturated carbocycles. The number of nitrogens with zero attached hydrogens (tertiary/aromatic N) is 6. The van der Waals surface area contributed by atoms with Crippen LogP contribution < -0.4 is 4.90 Å². The third-order valence-electron chi connectivity index (χ3n) is 3.79. The van der Waals surface area contributed by atoms with E-state index in [9.17, 15) is 4.79 Å². The van der Waals surface area contributed by atoms with E-state index in [1.807, 2.05) is 17.4 Å². The minimum absolute atomic E-state index is 0.111. The zero-order valence-corrected chi connectivity index (χ0v) is 13.1. The molecule has 0 bridgehead atoms. The van der Waals surface area contributed by atoms with Gasteiger partial charge in [-0.1, -0.05) is 0 Å². The third-order valence-corrected chi connectivity index (χ3v) is 3.79. The number of aromatic nitrogens is 4. The van der Waals surface area contributed by atoms with Gasteiger partial charge >= 0.3 is 6.09 Å². The Labute approximate surface area is 128 Å². The van der Waals surface area contributed by atoms with Crippen molar-refractivity contribution in [3.05, 3.63) is 18.2 Å². The average Bonchev–Trinajstić information content (AvgIpc) is 2.96. The summed E-state index contributed by atoms with van der Waals surface area (Å²) in [4.78, 5) is 19.9. The molecule has 118 valence electrons. The van der Waals surface area contributed by atoms with Gasteiger partial charge in [0, 0.05) is 26.7 Å². The summed E-state index contributed by atoms with van der Waals surface area (Å²) < 4.78 is 7.34. The first-order chi connectivity index (χ1) is 10.5. The number of carbonyl (C=O) groups is 1. The monoisotopic (exact) mass is 304 g/mol. The lowest BCUT2D eigenvalue weighted by Gasteiger charge is -2.33. The number of anilines is 1. The van der Waals surface area contributed by atoms with E-state index in [1.54, 1.807) is 20.4 Å². The van der Waals surface area contributed by atoms with E-state index in [4.69, 9.17) is 4.74 Å². The highest BCUT2D eigenvalue weighted by Gasteiger charge is 2.25. The number of ether oxygens (including phenoxy) is 1. The van der Waals surface area contributed by atoms with Crippen molar-refractivity contribution in [1.82, 2.24) is 24.5 Å². The molecule has 0 radical (unpaired) electrons. The predicted molar refractivity (Wildman–Crippen MR) is 80.9 cm³/mol. The van der Waals surface area contributed by atoms with Gasteiger partial charge in [-0.25, -0.2) is 9.78 Å². The molecular weight excluding hydrogens is 284 g/mol. The standard InChI is InChI=1S/C14H20N6O2/c1-10-16-12(7-13-17-15-9-20(10)13)19-6-4-5-11(8-19)22-14(21)18(2)3/h7,9,11H,4-6,8H2,1-3H3. The molecule has 3 heterocycles. The molecule has 1 amide bonds. The average molecular weight is 304 g/mol. The van der Waals surface area contributed by atoms with Crippen LogP contribution in [0.25, 0.3) is 5.65 Å². The summed E-state index contributed by atoms with van der Waals surface area (Å²) in [6.45, 7) is 3.47. The van der Waals surface area contributed by atoms with Gasteiger partial charge in [0.2, 0.25) is 0 Å². The molecule has 1 aliphatic heterocycles. The van der Waals surface area contributed by atoms with Gasteiger partial charge in [0.05, 0.1) is 6.54 Å². The van der Waals surface area contributed by atoms with Crippen LogP contribution in [0.15, 0.2) is 12.4 Å². The van der Waals surface area contributed by atoms with Crippen molar-refractivity contribution in [2.24, 2.45) is 0 Å². The normalized spacial score (nSPS) is 18.5. The van der Waals surface area contributed by atoms with Gasteiger partial charge in [0.15, 0.2) is 5.65 Å². The molecule has 2 aromatic rings. The fourth-order valence-electron chi connectivity index (χ4n) is 2.61. The first kappa shape index (κ1) is 14.6. The number of rotatable bonds is 2. The Morgan fingerprint density at radius 1 is 1.45 bits per heavy atom.